The van der Waals surface area contributed by atoms with E-state index >= 15 is 0 Å². The van der Waals surface area contributed by atoms with E-state index in [1.807, 2.05) is 31.4 Å². The number of anilines is 1. The molecule has 1 fully saturated rings. The average Bonchev–Trinajstić information content (AvgIpc) is 2.99. The molecule has 0 unspecified atom stereocenters. The topological polar surface area (TPSA) is 75.9 Å². The van der Waals surface area contributed by atoms with Crippen LogP contribution >= 0.6 is 0 Å². The van der Waals surface area contributed by atoms with Crippen LogP contribution in [-0.4, -0.2) is 50.2 Å². The smallest absolute Gasteiger partial charge is 0.239 e. The van der Waals surface area contributed by atoms with Gasteiger partial charge in [-0.3, -0.25) is 14.4 Å². The fourth-order valence-electron chi connectivity index (χ4n) is 3.46. The van der Waals surface area contributed by atoms with Crippen molar-refractivity contribution in [3.05, 3.63) is 36.8 Å². The molecular formula is C19H22N6O. The second-order valence-electron chi connectivity index (χ2n) is 7.72. The van der Waals surface area contributed by atoms with Gasteiger partial charge in [-0.05, 0) is 17.5 Å². The predicted octanol–water partition coefficient (Wildman–Crippen LogP) is 2.31. The van der Waals surface area contributed by atoms with Gasteiger partial charge in [0.05, 0.1) is 24.0 Å². The first-order chi connectivity index (χ1) is 12.4. The third-order valence-corrected chi connectivity index (χ3v) is 4.51. The number of rotatable bonds is 4. The maximum atomic E-state index is 12.2. The van der Waals surface area contributed by atoms with Crippen molar-refractivity contribution >= 4 is 22.6 Å². The number of pyridine rings is 2. The third-order valence-electron chi connectivity index (χ3n) is 4.51. The summed E-state index contributed by atoms with van der Waals surface area (Å²) in [7, 11) is 1.88. The molecule has 1 aliphatic heterocycles. The van der Waals surface area contributed by atoms with Crippen LogP contribution in [-0.2, 0) is 11.8 Å². The van der Waals surface area contributed by atoms with Crippen LogP contribution in [0.3, 0.4) is 0 Å². The molecular weight excluding hydrogens is 328 g/mol. The van der Waals surface area contributed by atoms with Crippen LogP contribution in [0.4, 0.5) is 5.82 Å². The summed E-state index contributed by atoms with van der Waals surface area (Å²) in [4.78, 5) is 23.4. The number of hydrogen-bond donors (Lipinski definition) is 1. The monoisotopic (exact) mass is 350 g/mol. The van der Waals surface area contributed by atoms with E-state index in [0.717, 1.165) is 35.2 Å². The normalized spacial score (nSPS) is 16.4. The molecule has 134 valence electrons. The first-order valence-corrected chi connectivity index (χ1v) is 8.66. The van der Waals surface area contributed by atoms with Crippen molar-refractivity contribution in [2.45, 2.75) is 13.8 Å². The minimum Gasteiger partial charge on any atom is -0.310 e. The van der Waals surface area contributed by atoms with Gasteiger partial charge in [0.15, 0.2) is 0 Å². The number of aromatic nitrogens is 4. The van der Waals surface area contributed by atoms with Gasteiger partial charge in [-0.2, -0.15) is 5.10 Å². The fourth-order valence-corrected chi connectivity index (χ4v) is 3.46. The van der Waals surface area contributed by atoms with Gasteiger partial charge < -0.3 is 5.32 Å². The van der Waals surface area contributed by atoms with Crippen LogP contribution in [0.15, 0.2) is 36.8 Å². The van der Waals surface area contributed by atoms with Gasteiger partial charge in [0.2, 0.25) is 5.91 Å². The second kappa shape index (κ2) is 6.17. The molecule has 1 saturated heterocycles. The van der Waals surface area contributed by atoms with E-state index in [0.29, 0.717) is 17.8 Å². The molecule has 0 radical (unpaired) electrons. The van der Waals surface area contributed by atoms with Crippen molar-refractivity contribution in [1.82, 2.24) is 24.6 Å². The number of aryl methyl sites for hydroxylation is 1. The zero-order valence-corrected chi connectivity index (χ0v) is 15.2. The van der Waals surface area contributed by atoms with E-state index in [2.05, 4.69) is 39.1 Å². The Bertz CT molecular complexity index is 969. The van der Waals surface area contributed by atoms with Gasteiger partial charge in [-0.1, -0.05) is 13.8 Å². The highest BCUT2D eigenvalue weighted by Gasteiger charge is 2.34. The molecule has 7 nitrogen and oxygen atoms in total. The number of carbonyl (C=O) groups excluding carboxylic acids is 1. The summed E-state index contributed by atoms with van der Waals surface area (Å²) in [6.07, 6.45) is 5.44. The first kappa shape index (κ1) is 16.7. The average molecular weight is 350 g/mol. The number of likely N-dealkylation sites (tertiary alicyclic amines) is 1. The van der Waals surface area contributed by atoms with Gasteiger partial charge in [0, 0.05) is 49.5 Å². The molecule has 0 aliphatic carbocycles. The fraction of sp³-hybridized carbons (Fsp3) is 0.368. The lowest BCUT2D eigenvalue weighted by atomic mass is 9.84. The van der Waals surface area contributed by atoms with Gasteiger partial charge in [0.25, 0.3) is 0 Å². The van der Waals surface area contributed by atoms with Gasteiger partial charge in [0.1, 0.15) is 5.82 Å². The van der Waals surface area contributed by atoms with Gasteiger partial charge in [-0.15, -0.1) is 0 Å². The van der Waals surface area contributed by atoms with Crippen LogP contribution in [0.25, 0.3) is 22.2 Å². The predicted molar refractivity (Wildman–Crippen MR) is 101 cm³/mol. The van der Waals surface area contributed by atoms with Crippen molar-refractivity contribution in [3.8, 4) is 11.3 Å². The number of amides is 1. The molecule has 0 atom stereocenters. The Morgan fingerprint density at radius 2 is 2.08 bits per heavy atom. The van der Waals surface area contributed by atoms with E-state index < -0.39 is 0 Å². The maximum Gasteiger partial charge on any atom is 0.239 e. The van der Waals surface area contributed by atoms with E-state index in [9.17, 15) is 4.79 Å². The lowest BCUT2D eigenvalue weighted by molar-refractivity contribution is -0.120. The SMILES string of the molecule is Cn1cc(-c2ccc3cnc(NC(=O)CN4CC(C)(C)C4)cc3n2)cn1. The van der Waals surface area contributed by atoms with Crippen molar-refractivity contribution in [2.75, 3.05) is 25.0 Å². The number of nitrogens with one attached hydrogen (secondary N) is 1. The quantitative estimate of drug-likeness (QED) is 0.781. The van der Waals surface area contributed by atoms with Crippen LogP contribution in [0.2, 0.25) is 0 Å². The van der Waals surface area contributed by atoms with Gasteiger partial charge >= 0.3 is 0 Å². The van der Waals surface area contributed by atoms with E-state index in [1.165, 1.54) is 0 Å². The summed E-state index contributed by atoms with van der Waals surface area (Å²) in [6, 6.07) is 5.74. The summed E-state index contributed by atoms with van der Waals surface area (Å²) >= 11 is 0. The number of hydrogen-bond acceptors (Lipinski definition) is 5. The molecule has 4 heterocycles. The molecule has 7 heteroatoms. The van der Waals surface area contributed by atoms with E-state index in [1.54, 1.807) is 17.1 Å². The molecule has 0 spiro atoms. The number of carbonyl (C=O) groups is 1. The lowest BCUT2D eigenvalue weighted by Crippen LogP contribution is -2.54. The molecule has 1 amide bonds. The molecule has 0 aromatic carbocycles. The Balaban J connectivity index is 1.50. The number of nitrogens with zero attached hydrogens (tertiary/aromatic N) is 5. The lowest BCUT2D eigenvalue weighted by Gasteiger charge is -2.45. The highest BCUT2D eigenvalue weighted by atomic mass is 16.2. The Kier molecular flexibility index (Phi) is 3.96. The van der Waals surface area contributed by atoms with Crippen molar-refractivity contribution in [3.63, 3.8) is 0 Å². The summed E-state index contributed by atoms with van der Waals surface area (Å²) in [5, 5.41) is 7.99. The zero-order chi connectivity index (χ0) is 18.3. The molecule has 26 heavy (non-hydrogen) atoms. The Hall–Kier alpha value is -2.80. The molecule has 1 N–H and O–H groups in total. The van der Waals surface area contributed by atoms with Crippen molar-refractivity contribution < 1.29 is 4.79 Å². The molecule has 0 saturated carbocycles. The third kappa shape index (κ3) is 3.43. The summed E-state index contributed by atoms with van der Waals surface area (Å²) < 4.78 is 1.75. The molecule has 0 bridgehead atoms. The molecule has 4 rings (SSSR count). The van der Waals surface area contributed by atoms with Crippen LogP contribution < -0.4 is 5.32 Å². The standard InChI is InChI=1S/C19H22N6O/c1-19(2)11-25(12-19)10-18(26)23-17-6-16-13(7-20-17)4-5-15(22-16)14-8-21-24(3)9-14/h4-9H,10-12H2,1-3H3,(H,20,23,26). The molecule has 3 aromatic rings. The number of fused-ring (bicyclic) bond motifs is 1. The summed E-state index contributed by atoms with van der Waals surface area (Å²) in [5.74, 6) is 0.480. The second-order valence-corrected chi connectivity index (χ2v) is 7.72. The first-order valence-electron chi connectivity index (χ1n) is 8.66. The minimum absolute atomic E-state index is 0.0456. The Morgan fingerprint density at radius 1 is 1.27 bits per heavy atom. The maximum absolute atomic E-state index is 12.2. The van der Waals surface area contributed by atoms with Crippen LogP contribution in [0, 0.1) is 5.41 Å². The van der Waals surface area contributed by atoms with E-state index in [4.69, 9.17) is 0 Å². The molecule has 1 aliphatic rings. The van der Waals surface area contributed by atoms with Crippen molar-refractivity contribution in [2.24, 2.45) is 12.5 Å². The van der Waals surface area contributed by atoms with E-state index in [-0.39, 0.29) is 5.91 Å². The Morgan fingerprint density at radius 3 is 2.77 bits per heavy atom. The highest BCUT2D eigenvalue weighted by molar-refractivity contribution is 5.93. The minimum atomic E-state index is -0.0456. The van der Waals surface area contributed by atoms with Crippen molar-refractivity contribution in [1.29, 1.82) is 0 Å². The molecule has 3 aromatic heterocycles. The Labute approximate surface area is 152 Å². The van der Waals surface area contributed by atoms with Gasteiger partial charge in [-0.25, -0.2) is 9.97 Å². The summed E-state index contributed by atoms with van der Waals surface area (Å²) in [6.45, 7) is 6.70. The highest BCUT2D eigenvalue weighted by Crippen LogP contribution is 2.28. The zero-order valence-electron chi connectivity index (χ0n) is 15.2. The largest absolute Gasteiger partial charge is 0.310 e. The summed E-state index contributed by atoms with van der Waals surface area (Å²) in [5.41, 5.74) is 2.91. The van der Waals surface area contributed by atoms with Crippen LogP contribution in [0.1, 0.15) is 13.8 Å². The van der Waals surface area contributed by atoms with Crippen LogP contribution in [0.5, 0.6) is 0 Å².